The fourth-order valence-electron chi connectivity index (χ4n) is 5.64. The lowest BCUT2D eigenvalue weighted by Crippen LogP contribution is -2.30. The quantitative estimate of drug-likeness (QED) is 0.572. The first-order valence-corrected chi connectivity index (χ1v) is 11.8. The normalized spacial score (nSPS) is 26.8. The number of likely N-dealkylation sites (tertiary alicyclic amines) is 1. The standard InChI is InChI=1S/C24H29N3O2S/c1-24(19-7-5-6-17(12-19)13-25-30(28)29)21-15-27(16-22(21)24)11-10-18-14-26(2)23-9-4-3-8-20(18)23/h3-9,12,14,21-22,25H,10-11,13,15-16H2,1-2H3,(H,28,29). The molecule has 1 aliphatic carbocycles. The lowest BCUT2D eigenvalue weighted by atomic mass is 9.91. The van der Waals surface area contributed by atoms with Gasteiger partial charge in [0.1, 0.15) is 0 Å². The fraction of sp³-hybridized carbons (Fsp3) is 0.417. The van der Waals surface area contributed by atoms with Gasteiger partial charge < -0.3 is 9.47 Å². The molecule has 5 rings (SSSR count). The minimum atomic E-state index is -1.97. The molecule has 5 nitrogen and oxygen atoms in total. The Morgan fingerprint density at radius 2 is 1.93 bits per heavy atom. The zero-order valence-corrected chi connectivity index (χ0v) is 18.4. The summed E-state index contributed by atoms with van der Waals surface area (Å²) in [6, 6.07) is 17.2. The van der Waals surface area contributed by atoms with E-state index in [1.807, 2.05) is 6.07 Å². The number of aryl methyl sites for hydroxylation is 1. The Morgan fingerprint density at radius 3 is 2.70 bits per heavy atom. The van der Waals surface area contributed by atoms with E-state index in [2.05, 4.69) is 76.8 Å². The predicted molar refractivity (Wildman–Crippen MR) is 121 cm³/mol. The van der Waals surface area contributed by atoms with E-state index < -0.39 is 11.3 Å². The third-order valence-electron chi connectivity index (χ3n) is 7.45. The van der Waals surface area contributed by atoms with Crippen molar-refractivity contribution in [1.82, 2.24) is 14.2 Å². The van der Waals surface area contributed by atoms with Crippen molar-refractivity contribution >= 4 is 22.2 Å². The number of hydrogen-bond acceptors (Lipinski definition) is 2. The van der Waals surface area contributed by atoms with Crippen molar-refractivity contribution < 1.29 is 8.76 Å². The second-order valence-corrected chi connectivity index (χ2v) is 9.85. The maximum Gasteiger partial charge on any atom is 0.232 e. The van der Waals surface area contributed by atoms with Crippen LogP contribution in [0.4, 0.5) is 0 Å². The van der Waals surface area contributed by atoms with Crippen LogP contribution in [0.3, 0.4) is 0 Å². The summed E-state index contributed by atoms with van der Waals surface area (Å²) in [7, 11) is 2.13. The summed E-state index contributed by atoms with van der Waals surface area (Å²) in [6.07, 6.45) is 3.38. The van der Waals surface area contributed by atoms with Crippen molar-refractivity contribution in [3.05, 3.63) is 71.4 Å². The van der Waals surface area contributed by atoms with Crippen LogP contribution < -0.4 is 4.72 Å². The van der Waals surface area contributed by atoms with Crippen molar-refractivity contribution in [2.45, 2.75) is 25.3 Å². The number of rotatable bonds is 7. The smallest absolute Gasteiger partial charge is 0.232 e. The van der Waals surface area contributed by atoms with Gasteiger partial charge in [-0.25, -0.2) is 8.93 Å². The Hall–Kier alpha value is -1.99. The van der Waals surface area contributed by atoms with E-state index in [4.69, 9.17) is 4.55 Å². The maximum atomic E-state index is 10.9. The summed E-state index contributed by atoms with van der Waals surface area (Å²) < 4.78 is 24.7. The molecule has 1 saturated carbocycles. The molecule has 158 valence electrons. The van der Waals surface area contributed by atoms with Crippen LogP contribution in [0.15, 0.2) is 54.7 Å². The van der Waals surface area contributed by atoms with Gasteiger partial charge in [0.25, 0.3) is 0 Å². The van der Waals surface area contributed by atoms with Gasteiger partial charge in [0.2, 0.25) is 11.3 Å². The Kier molecular flexibility index (Phi) is 5.06. The molecule has 2 N–H and O–H groups in total. The zero-order valence-electron chi connectivity index (χ0n) is 17.5. The second-order valence-electron chi connectivity index (χ2n) is 9.06. The van der Waals surface area contributed by atoms with E-state index in [1.165, 1.54) is 22.0 Å². The number of nitrogens with one attached hydrogen (secondary N) is 1. The van der Waals surface area contributed by atoms with E-state index >= 15 is 0 Å². The molecule has 0 spiro atoms. The van der Waals surface area contributed by atoms with E-state index in [9.17, 15) is 4.21 Å². The number of nitrogens with zero attached hydrogens (tertiary/aromatic N) is 2. The molecule has 6 heteroatoms. The molecule has 3 unspecified atom stereocenters. The van der Waals surface area contributed by atoms with Crippen molar-refractivity contribution in [3.63, 3.8) is 0 Å². The van der Waals surface area contributed by atoms with Crippen LogP contribution in [0.2, 0.25) is 0 Å². The largest absolute Gasteiger partial charge is 0.350 e. The first kappa shape index (κ1) is 19.9. The maximum absolute atomic E-state index is 10.9. The molecule has 0 radical (unpaired) electrons. The van der Waals surface area contributed by atoms with Crippen LogP contribution >= 0.6 is 0 Å². The van der Waals surface area contributed by atoms with E-state index in [0.717, 1.165) is 31.6 Å². The molecule has 1 aliphatic heterocycles. The average Bonchev–Trinajstić information content (AvgIpc) is 3.06. The number of benzene rings is 2. The first-order valence-electron chi connectivity index (χ1n) is 10.7. The van der Waals surface area contributed by atoms with Gasteiger partial charge in [-0.1, -0.05) is 49.4 Å². The molecule has 2 aliphatic rings. The third-order valence-corrected chi connectivity index (χ3v) is 7.84. The topological polar surface area (TPSA) is 57.5 Å². The molecule has 1 saturated heterocycles. The Balaban J connectivity index is 1.21. The lowest BCUT2D eigenvalue weighted by Gasteiger charge is -2.24. The molecule has 3 atom stereocenters. The monoisotopic (exact) mass is 423 g/mol. The van der Waals surface area contributed by atoms with Crippen molar-refractivity contribution in [3.8, 4) is 0 Å². The molecule has 2 heterocycles. The molecule has 0 amide bonds. The van der Waals surface area contributed by atoms with Crippen LogP contribution in [0.25, 0.3) is 10.9 Å². The highest BCUT2D eigenvalue weighted by molar-refractivity contribution is 7.77. The average molecular weight is 424 g/mol. The van der Waals surface area contributed by atoms with Gasteiger partial charge in [-0.2, -0.15) is 0 Å². The summed E-state index contributed by atoms with van der Waals surface area (Å²) in [5, 5.41) is 1.38. The summed E-state index contributed by atoms with van der Waals surface area (Å²) >= 11 is -1.97. The molecular weight excluding hydrogens is 394 g/mol. The van der Waals surface area contributed by atoms with E-state index in [0.29, 0.717) is 18.4 Å². The summed E-state index contributed by atoms with van der Waals surface area (Å²) in [5.41, 5.74) is 5.43. The minimum absolute atomic E-state index is 0.240. The van der Waals surface area contributed by atoms with Crippen LogP contribution in [0.5, 0.6) is 0 Å². The minimum Gasteiger partial charge on any atom is -0.350 e. The van der Waals surface area contributed by atoms with Gasteiger partial charge in [-0.05, 0) is 41.0 Å². The first-order chi connectivity index (χ1) is 14.5. The van der Waals surface area contributed by atoms with Crippen molar-refractivity contribution in [2.75, 3.05) is 19.6 Å². The summed E-state index contributed by atoms with van der Waals surface area (Å²) in [6.45, 7) is 6.24. The second kappa shape index (κ2) is 7.61. The van der Waals surface area contributed by atoms with Crippen LogP contribution in [-0.2, 0) is 36.7 Å². The van der Waals surface area contributed by atoms with Gasteiger partial charge in [0.15, 0.2) is 0 Å². The van der Waals surface area contributed by atoms with Crippen molar-refractivity contribution in [2.24, 2.45) is 18.9 Å². The Bertz CT molecular complexity index is 1100. The SMILES string of the molecule is Cn1cc(CCN2CC3C(C2)C3(C)c2cccc(CNS(=O)O)c2)c2ccccc21. The lowest BCUT2D eigenvalue weighted by molar-refractivity contribution is 0.281. The molecule has 2 fully saturated rings. The van der Waals surface area contributed by atoms with E-state index in [-0.39, 0.29) is 5.41 Å². The van der Waals surface area contributed by atoms with Crippen LogP contribution in [0, 0.1) is 11.8 Å². The van der Waals surface area contributed by atoms with Gasteiger partial charge in [0, 0.05) is 55.7 Å². The predicted octanol–water partition coefficient (Wildman–Crippen LogP) is 3.47. The Morgan fingerprint density at radius 1 is 1.17 bits per heavy atom. The van der Waals surface area contributed by atoms with Gasteiger partial charge >= 0.3 is 0 Å². The molecule has 1 aromatic heterocycles. The van der Waals surface area contributed by atoms with Gasteiger partial charge in [0.05, 0.1) is 0 Å². The fourth-order valence-corrected chi connectivity index (χ4v) is 5.93. The Labute approximate surface area is 180 Å². The van der Waals surface area contributed by atoms with Crippen molar-refractivity contribution in [1.29, 1.82) is 0 Å². The molecule has 30 heavy (non-hydrogen) atoms. The number of hydrogen-bond donors (Lipinski definition) is 2. The highest BCUT2D eigenvalue weighted by atomic mass is 32.2. The number of para-hydroxylation sites is 1. The highest BCUT2D eigenvalue weighted by Gasteiger charge is 2.65. The third kappa shape index (κ3) is 3.42. The molecular formula is C24H29N3O2S. The molecule has 0 bridgehead atoms. The number of aromatic nitrogens is 1. The molecule has 2 aromatic carbocycles. The highest BCUT2D eigenvalue weighted by Crippen LogP contribution is 2.63. The zero-order chi connectivity index (χ0) is 20.9. The number of piperidine rings is 1. The summed E-state index contributed by atoms with van der Waals surface area (Å²) in [5.74, 6) is 1.42. The van der Waals surface area contributed by atoms with Crippen LogP contribution in [-0.4, -0.2) is 37.9 Å². The van der Waals surface area contributed by atoms with E-state index in [1.54, 1.807) is 0 Å². The number of fused-ring (bicyclic) bond motifs is 2. The summed E-state index contributed by atoms with van der Waals surface area (Å²) in [4.78, 5) is 2.62. The van der Waals surface area contributed by atoms with Gasteiger partial charge in [-0.15, -0.1) is 0 Å². The van der Waals surface area contributed by atoms with Crippen LogP contribution in [0.1, 0.15) is 23.6 Å². The van der Waals surface area contributed by atoms with Gasteiger partial charge in [-0.3, -0.25) is 4.55 Å². The molecule has 3 aromatic rings.